The van der Waals surface area contributed by atoms with Crippen molar-refractivity contribution in [2.75, 3.05) is 5.32 Å². The third kappa shape index (κ3) is 3.43. The van der Waals surface area contributed by atoms with Crippen molar-refractivity contribution in [1.29, 1.82) is 5.41 Å². The van der Waals surface area contributed by atoms with Gasteiger partial charge in [0.25, 0.3) is 0 Å². The molecule has 0 bridgehead atoms. The molecule has 2 rings (SSSR count). The Morgan fingerprint density at radius 2 is 2.25 bits per heavy atom. The van der Waals surface area contributed by atoms with Gasteiger partial charge in [0.2, 0.25) is 5.91 Å². The number of carbonyl (C=O) groups is 1. The monoisotopic (exact) mass is 307 g/mol. The van der Waals surface area contributed by atoms with Gasteiger partial charge < -0.3 is 10.7 Å². The minimum Gasteiger partial charge on any atom is -0.315 e. The number of nitrogens with zero attached hydrogens (tertiary/aromatic N) is 1. The maximum absolute atomic E-state index is 12.0. The molecule has 1 aromatic carbocycles. The van der Waals surface area contributed by atoms with Gasteiger partial charge in [0, 0.05) is 5.71 Å². The summed E-state index contributed by atoms with van der Waals surface area (Å²) in [5.74, 6) is -0.143. The molecule has 1 heterocycles. The van der Waals surface area contributed by atoms with Gasteiger partial charge in [0.05, 0.1) is 17.1 Å². The molecule has 20 heavy (non-hydrogen) atoms. The summed E-state index contributed by atoms with van der Waals surface area (Å²) in [6, 6.07) is 7.42. The van der Waals surface area contributed by atoms with E-state index in [9.17, 15) is 4.79 Å². The lowest BCUT2D eigenvalue weighted by atomic mass is 10.1. The number of halogens is 1. The molecule has 2 aromatic rings. The van der Waals surface area contributed by atoms with Crippen LogP contribution in [0.5, 0.6) is 0 Å². The van der Waals surface area contributed by atoms with E-state index in [4.69, 9.17) is 17.0 Å². The zero-order chi connectivity index (χ0) is 14.7. The Labute approximate surface area is 126 Å². The number of amides is 1. The summed E-state index contributed by atoms with van der Waals surface area (Å²) in [5, 5.41) is 11.4. The average Bonchev–Trinajstić information content (AvgIpc) is 2.71. The van der Waals surface area contributed by atoms with E-state index in [2.05, 4.69) is 9.69 Å². The van der Waals surface area contributed by atoms with E-state index in [1.807, 2.05) is 24.3 Å². The molecule has 1 amide bonds. The van der Waals surface area contributed by atoms with E-state index in [1.54, 1.807) is 13.8 Å². The Kier molecular flexibility index (Phi) is 4.52. The first-order valence-electron chi connectivity index (χ1n) is 6.03. The standard InChI is InChI=1S/C14H14ClN3OS/c1-8(16)11-5-3-4-10(6-11)7-12(19)17-14-13(15)9(2)18-20-14/h3-6,16H,7H2,1-2H3,(H,17,19). The molecule has 0 radical (unpaired) electrons. The van der Waals surface area contributed by atoms with Crippen molar-refractivity contribution in [2.45, 2.75) is 20.3 Å². The molecule has 4 nitrogen and oxygen atoms in total. The topological polar surface area (TPSA) is 65.8 Å². The summed E-state index contributed by atoms with van der Waals surface area (Å²) in [6.07, 6.45) is 0.244. The number of aryl methyl sites for hydroxylation is 1. The van der Waals surface area contributed by atoms with Crippen LogP contribution in [0.4, 0.5) is 5.00 Å². The second-order valence-corrected chi connectivity index (χ2v) is 5.61. The van der Waals surface area contributed by atoms with E-state index >= 15 is 0 Å². The lowest BCUT2D eigenvalue weighted by molar-refractivity contribution is -0.115. The van der Waals surface area contributed by atoms with Crippen molar-refractivity contribution in [3.8, 4) is 0 Å². The number of aromatic nitrogens is 1. The number of anilines is 1. The zero-order valence-corrected chi connectivity index (χ0v) is 12.7. The first-order valence-corrected chi connectivity index (χ1v) is 7.18. The molecule has 0 spiro atoms. The minimum absolute atomic E-state index is 0.143. The highest BCUT2D eigenvalue weighted by atomic mass is 35.5. The van der Waals surface area contributed by atoms with Gasteiger partial charge in [0.15, 0.2) is 0 Å². The van der Waals surface area contributed by atoms with Crippen LogP contribution in [0.25, 0.3) is 0 Å². The van der Waals surface area contributed by atoms with Crippen LogP contribution in [-0.4, -0.2) is 16.0 Å². The van der Waals surface area contributed by atoms with E-state index in [1.165, 1.54) is 11.5 Å². The highest BCUT2D eigenvalue weighted by Crippen LogP contribution is 2.29. The second kappa shape index (κ2) is 6.15. The molecule has 0 fully saturated rings. The second-order valence-electron chi connectivity index (χ2n) is 4.46. The summed E-state index contributed by atoms with van der Waals surface area (Å²) in [5.41, 5.74) is 2.88. The van der Waals surface area contributed by atoms with Crippen LogP contribution in [0.3, 0.4) is 0 Å². The predicted octanol–water partition coefficient (Wildman–Crippen LogP) is 3.67. The Hall–Kier alpha value is -1.72. The number of nitrogens with one attached hydrogen (secondary N) is 2. The van der Waals surface area contributed by atoms with Crippen LogP contribution in [0.1, 0.15) is 23.7 Å². The normalized spacial score (nSPS) is 10.3. The van der Waals surface area contributed by atoms with E-state index in [0.29, 0.717) is 21.4 Å². The van der Waals surface area contributed by atoms with E-state index < -0.39 is 0 Å². The fraction of sp³-hybridized carbons (Fsp3) is 0.214. The van der Waals surface area contributed by atoms with Gasteiger partial charge >= 0.3 is 0 Å². The molecule has 6 heteroatoms. The molecule has 0 atom stereocenters. The van der Waals surface area contributed by atoms with Gasteiger partial charge in [-0.1, -0.05) is 29.8 Å². The third-order valence-corrected chi connectivity index (χ3v) is 4.20. The van der Waals surface area contributed by atoms with Crippen molar-refractivity contribution in [1.82, 2.24) is 4.37 Å². The van der Waals surface area contributed by atoms with Crippen LogP contribution in [0.2, 0.25) is 5.02 Å². The molecule has 0 unspecified atom stereocenters. The highest BCUT2D eigenvalue weighted by molar-refractivity contribution is 7.11. The minimum atomic E-state index is -0.143. The molecule has 0 aliphatic carbocycles. The van der Waals surface area contributed by atoms with Gasteiger partial charge in [-0.15, -0.1) is 0 Å². The van der Waals surface area contributed by atoms with Crippen LogP contribution in [0, 0.1) is 12.3 Å². The summed E-state index contributed by atoms with van der Waals surface area (Å²) < 4.78 is 4.08. The Bertz CT molecular complexity index is 666. The molecule has 104 valence electrons. The fourth-order valence-electron chi connectivity index (χ4n) is 1.71. The molecule has 0 saturated heterocycles. The zero-order valence-electron chi connectivity index (χ0n) is 11.2. The highest BCUT2D eigenvalue weighted by Gasteiger charge is 2.12. The molecule has 2 N–H and O–H groups in total. The lowest BCUT2D eigenvalue weighted by Crippen LogP contribution is -2.14. The number of hydrogen-bond acceptors (Lipinski definition) is 4. The van der Waals surface area contributed by atoms with Crippen LogP contribution in [0.15, 0.2) is 24.3 Å². The summed E-state index contributed by atoms with van der Waals surface area (Å²) in [4.78, 5) is 12.0. The summed E-state index contributed by atoms with van der Waals surface area (Å²) >= 11 is 7.20. The SMILES string of the molecule is CC(=N)c1cccc(CC(=O)Nc2snc(C)c2Cl)c1. The predicted molar refractivity (Wildman–Crippen MR) is 83.1 cm³/mol. The number of hydrogen-bond donors (Lipinski definition) is 2. The average molecular weight is 308 g/mol. The molecule has 1 aromatic heterocycles. The van der Waals surface area contributed by atoms with Crippen LogP contribution >= 0.6 is 23.1 Å². The fourth-order valence-corrected chi connectivity index (χ4v) is 2.66. The number of benzene rings is 1. The third-order valence-electron chi connectivity index (χ3n) is 2.77. The molecule has 0 aliphatic heterocycles. The lowest BCUT2D eigenvalue weighted by Gasteiger charge is -2.05. The molecular weight excluding hydrogens is 294 g/mol. The Morgan fingerprint density at radius 1 is 1.50 bits per heavy atom. The first-order chi connectivity index (χ1) is 9.47. The van der Waals surface area contributed by atoms with Crippen molar-refractivity contribution >= 4 is 39.8 Å². The van der Waals surface area contributed by atoms with Gasteiger partial charge in [0.1, 0.15) is 5.00 Å². The quantitative estimate of drug-likeness (QED) is 0.846. The van der Waals surface area contributed by atoms with Crippen molar-refractivity contribution < 1.29 is 4.79 Å². The number of carbonyl (C=O) groups excluding carboxylic acids is 1. The first kappa shape index (κ1) is 14.7. The molecular formula is C14H14ClN3OS. The largest absolute Gasteiger partial charge is 0.315 e. The summed E-state index contributed by atoms with van der Waals surface area (Å²) in [7, 11) is 0. The van der Waals surface area contributed by atoms with E-state index in [-0.39, 0.29) is 12.3 Å². The van der Waals surface area contributed by atoms with Gasteiger partial charge in [-0.25, -0.2) is 0 Å². The van der Waals surface area contributed by atoms with Crippen LogP contribution < -0.4 is 5.32 Å². The Balaban J connectivity index is 2.06. The van der Waals surface area contributed by atoms with Gasteiger partial charge in [-0.05, 0) is 42.6 Å². The maximum atomic E-state index is 12.0. The van der Waals surface area contributed by atoms with Crippen molar-refractivity contribution in [2.24, 2.45) is 0 Å². The smallest absolute Gasteiger partial charge is 0.229 e. The Morgan fingerprint density at radius 3 is 2.85 bits per heavy atom. The van der Waals surface area contributed by atoms with E-state index in [0.717, 1.165) is 11.1 Å². The number of rotatable bonds is 4. The van der Waals surface area contributed by atoms with Gasteiger partial charge in [-0.3, -0.25) is 4.79 Å². The van der Waals surface area contributed by atoms with Crippen molar-refractivity contribution in [3.63, 3.8) is 0 Å². The molecule has 0 aliphatic rings. The summed E-state index contributed by atoms with van der Waals surface area (Å²) in [6.45, 7) is 3.52. The van der Waals surface area contributed by atoms with Crippen LogP contribution in [-0.2, 0) is 11.2 Å². The molecule has 0 saturated carbocycles. The maximum Gasteiger partial charge on any atom is 0.229 e. The van der Waals surface area contributed by atoms with Gasteiger partial charge in [-0.2, -0.15) is 4.37 Å². The van der Waals surface area contributed by atoms with Crippen molar-refractivity contribution in [3.05, 3.63) is 46.1 Å².